The van der Waals surface area contributed by atoms with Gasteiger partial charge in [-0.2, -0.15) is 5.10 Å². The number of nitrogens with zero attached hydrogens (tertiary/aromatic N) is 4. The molecule has 3 aliphatic rings. The van der Waals surface area contributed by atoms with Crippen molar-refractivity contribution in [2.75, 3.05) is 20.1 Å². The summed E-state index contributed by atoms with van der Waals surface area (Å²) in [5.74, 6) is 4.83. The molecule has 1 atom stereocenters. The number of likely N-dealkylation sites (tertiary alicyclic amines) is 1. The highest BCUT2D eigenvalue weighted by Gasteiger charge is 2.42. The number of benzene rings is 1. The number of hydrogen-bond donors (Lipinski definition) is 2. The zero-order chi connectivity index (χ0) is 23.3. The van der Waals surface area contributed by atoms with Crippen LogP contribution in [0, 0.1) is 17.8 Å². The number of aromatic nitrogens is 2. The maximum absolute atomic E-state index is 12.5. The summed E-state index contributed by atoms with van der Waals surface area (Å²) in [5.41, 5.74) is 6.93. The molecule has 170 valence electrons. The summed E-state index contributed by atoms with van der Waals surface area (Å²) in [6.45, 7) is 1.35. The van der Waals surface area contributed by atoms with Gasteiger partial charge in [-0.15, -0.1) is 0 Å². The van der Waals surface area contributed by atoms with E-state index in [2.05, 4.69) is 16.9 Å². The Bertz CT molecular complexity index is 1240. The highest BCUT2D eigenvalue weighted by Crippen LogP contribution is 2.34. The van der Waals surface area contributed by atoms with Crippen LogP contribution in [-0.4, -0.2) is 68.1 Å². The lowest BCUT2D eigenvalue weighted by Crippen LogP contribution is -2.37. The fourth-order valence-electron chi connectivity index (χ4n) is 4.47. The molecule has 3 N–H and O–H groups in total. The monoisotopic (exact) mass is 447 g/mol. The fourth-order valence-corrected chi connectivity index (χ4v) is 4.47. The van der Waals surface area contributed by atoms with Crippen LogP contribution < -0.4 is 5.73 Å². The lowest BCUT2D eigenvalue weighted by atomic mass is 10.0. The average molecular weight is 447 g/mol. The van der Waals surface area contributed by atoms with Gasteiger partial charge in [0.15, 0.2) is 5.69 Å². The van der Waals surface area contributed by atoms with Crippen molar-refractivity contribution < 1.29 is 19.5 Å². The number of hydrogen-bond acceptors (Lipinski definition) is 5. The highest BCUT2D eigenvalue weighted by molar-refractivity contribution is 5.93. The first-order valence-electron chi connectivity index (χ1n) is 11.1. The Balaban J connectivity index is 1.47. The number of nitrogens with two attached hydrogens (primary N) is 1. The first kappa shape index (κ1) is 21.2. The molecule has 33 heavy (non-hydrogen) atoms. The molecular formula is C24H25N5O4. The van der Waals surface area contributed by atoms with Gasteiger partial charge in [0.2, 0.25) is 11.5 Å². The van der Waals surface area contributed by atoms with E-state index >= 15 is 0 Å². The van der Waals surface area contributed by atoms with Crippen molar-refractivity contribution in [1.82, 2.24) is 19.6 Å². The normalized spacial score (nSPS) is 22.1. The molecule has 1 unspecified atom stereocenters. The van der Waals surface area contributed by atoms with E-state index in [9.17, 15) is 19.5 Å². The minimum Gasteiger partial charge on any atom is -0.369 e. The second-order valence-corrected chi connectivity index (χ2v) is 8.97. The van der Waals surface area contributed by atoms with Crippen LogP contribution >= 0.6 is 0 Å². The Morgan fingerprint density at radius 1 is 1.27 bits per heavy atom. The van der Waals surface area contributed by atoms with Gasteiger partial charge in [-0.25, -0.2) is 4.68 Å². The van der Waals surface area contributed by atoms with E-state index in [1.807, 2.05) is 6.07 Å². The SMILES string of the molecule is CN1CCC(O)(C#Cc2cccc(-n3nc(C(N)=O)c4c3CCN(C(=O)C3CC3)C4)c2)C1=O. The summed E-state index contributed by atoms with van der Waals surface area (Å²) in [4.78, 5) is 40.1. The van der Waals surface area contributed by atoms with Gasteiger partial charge in [0.1, 0.15) is 0 Å². The van der Waals surface area contributed by atoms with Gasteiger partial charge in [0.25, 0.3) is 11.8 Å². The number of carbonyl (C=O) groups is 3. The van der Waals surface area contributed by atoms with E-state index in [0.29, 0.717) is 42.9 Å². The van der Waals surface area contributed by atoms with Crippen molar-refractivity contribution in [3.8, 4) is 17.5 Å². The molecule has 9 heteroatoms. The van der Waals surface area contributed by atoms with Crippen molar-refractivity contribution in [2.24, 2.45) is 11.7 Å². The first-order chi connectivity index (χ1) is 15.8. The van der Waals surface area contributed by atoms with E-state index in [0.717, 1.165) is 18.5 Å². The molecule has 1 aromatic carbocycles. The Labute approximate surface area is 191 Å². The number of aliphatic hydroxyl groups is 1. The predicted octanol–water partition coefficient (Wildman–Crippen LogP) is 0.211. The number of carbonyl (C=O) groups excluding carboxylic acids is 3. The predicted molar refractivity (Wildman–Crippen MR) is 118 cm³/mol. The summed E-state index contributed by atoms with van der Waals surface area (Å²) >= 11 is 0. The van der Waals surface area contributed by atoms with Crippen molar-refractivity contribution >= 4 is 17.7 Å². The molecule has 5 rings (SSSR count). The van der Waals surface area contributed by atoms with Gasteiger partial charge in [-0.1, -0.05) is 17.9 Å². The third-order valence-corrected chi connectivity index (χ3v) is 6.54. The Morgan fingerprint density at radius 2 is 2.06 bits per heavy atom. The summed E-state index contributed by atoms with van der Waals surface area (Å²) < 4.78 is 1.68. The minimum atomic E-state index is -1.67. The Kier molecular flexibility index (Phi) is 4.98. The van der Waals surface area contributed by atoms with E-state index in [4.69, 9.17) is 5.73 Å². The second-order valence-electron chi connectivity index (χ2n) is 8.97. The van der Waals surface area contributed by atoms with E-state index in [1.165, 1.54) is 4.90 Å². The Hall–Kier alpha value is -3.64. The van der Waals surface area contributed by atoms with Gasteiger partial charge in [-0.05, 0) is 31.0 Å². The summed E-state index contributed by atoms with van der Waals surface area (Å²) in [5, 5.41) is 15.0. The molecule has 1 aliphatic carbocycles. The topological polar surface area (TPSA) is 122 Å². The van der Waals surface area contributed by atoms with Crippen LogP contribution in [0.25, 0.3) is 5.69 Å². The molecule has 0 bridgehead atoms. The van der Waals surface area contributed by atoms with Crippen molar-refractivity contribution in [3.63, 3.8) is 0 Å². The van der Waals surface area contributed by atoms with Gasteiger partial charge in [0, 0.05) is 56.6 Å². The van der Waals surface area contributed by atoms with Crippen LogP contribution in [0.15, 0.2) is 24.3 Å². The minimum absolute atomic E-state index is 0.107. The molecule has 3 heterocycles. The molecule has 1 saturated heterocycles. The summed E-state index contributed by atoms with van der Waals surface area (Å²) in [6, 6.07) is 7.22. The van der Waals surface area contributed by atoms with Crippen LogP contribution in [0.4, 0.5) is 0 Å². The number of rotatable bonds is 3. The van der Waals surface area contributed by atoms with E-state index in [1.54, 1.807) is 34.8 Å². The maximum atomic E-state index is 12.5. The number of primary amides is 1. The van der Waals surface area contributed by atoms with Crippen LogP contribution in [0.3, 0.4) is 0 Å². The number of likely N-dealkylation sites (N-methyl/N-ethyl adjacent to an activating group) is 1. The molecule has 2 fully saturated rings. The third kappa shape index (κ3) is 3.76. The van der Waals surface area contributed by atoms with Gasteiger partial charge < -0.3 is 20.6 Å². The van der Waals surface area contributed by atoms with Crippen molar-refractivity contribution in [3.05, 3.63) is 46.8 Å². The molecule has 0 spiro atoms. The van der Waals surface area contributed by atoms with Gasteiger partial charge in [-0.3, -0.25) is 14.4 Å². The smallest absolute Gasteiger partial charge is 0.269 e. The van der Waals surface area contributed by atoms with Gasteiger partial charge in [0.05, 0.1) is 11.4 Å². The molecule has 2 aromatic rings. The van der Waals surface area contributed by atoms with Crippen LogP contribution in [0.5, 0.6) is 0 Å². The second kappa shape index (κ2) is 7.74. The first-order valence-corrected chi connectivity index (χ1v) is 11.1. The zero-order valence-corrected chi connectivity index (χ0v) is 18.4. The molecule has 1 saturated carbocycles. The molecular weight excluding hydrogens is 422 g/mol. The standard InChI is InChI=1S/C24H25N5O4/c1-27-12-10-24(33,23(27)32)9-7-15-3-2-4-17(13-15)29-19-8-11-28(22(31)16-5-6-16)14-18(19)20(26-29)21(25)30/h2-4,13,16,33H,5-6,8,10-12,14H2,1H3,(H2,25,30). The summed E-state index contributed by atoms with van der Waals surface area (Å²) in [6.07, 6.45) is 2.67. The largest absolute Gasteiger partial charge is 0.369 e. The molecule has 3 amide bonds. The van der Waals surface area contributed by atoms with Crippen LogP contribution in [-0.2, 0) is 22.6 Å². The quantitative estimate of drug-likeness (QED) is 0.652. The van der Waals surface area contributed by atoms with Gasteiger partial charge >= 0.3 is 0 Å². The number of amides is 3. The van der Waals surface area contributed by atoms with Crippen LogP contribution in [0.2, 0.25) is 0 Å². The molecule has 1 aromatic heterocycles. The van der Waals surface area contributed by atoms with E-state index in [-0.39, 0.29) is 23.9 Å². The third-order valence-electron chi connectivity index (χ3n) is 6.54. The lowest BCUT2D eigenvalue weighted by Gasteiger charge is -2.28. The Morgan fingerprint density at radius 3 is 2.73 bits per heavy atom. The molecule has 0 radical (unpaired) electrons. The maximum Gasteiger partial charge on any atom is 0.269 e. The van der Waals surface area contributed by atoms with Crippen molar-refractivity contribution in [2.45, 2.75) is 37.8 Å². The highest BCUT2D eigenvalue weighted by atomic mass is 16.3. The zero-order valence-electron chi connectivity index (χ0n) is 18.4. The average Bonchev–Trinajstić information content (AvgIpc) is 3.54. The number of fused-ring (bicyclic) bond motifs is 1. The molecule has 9 nitrogen and oxygen atoms in total. The van der Waals surface area contributed by atoms with E-state index < -0.39 is 17.4 Å². The van der Waals surface area contributed by atoms with Crippen LogP contribution in [0.1, 0.15) is 46.6 Å². The van der Waals surface area contributed by atoms with Crippen molar-refractivity contribution in [1.29, 1.82) is 0 Å². The lowest BCUT2D eigenvalue weighted by molar-refractivity contribution is -0.137. The fraction of sp³-hybridized carbons (Fsp3) is 0.417. The molecule has 2 aliphatic heterocycles. The summed E-state index contributed by atoms with van der Waals surface area (Å²) in [7, 11) is 1.64.